The van der Waals surface area contributed by atoms with Crippen molar-refractivity contribution < 1.29 is 22.8 Å². The Morgan fingerprint density at radius 1 is 1.18 bits per heavy atom. The summed E-state index contributed by atoms with van der Waals surface area (Å²) < 4.78 is 42.7. The zero-order valence-electron chi connectivity index (χ0n) is 17.9. The van der Waals surface area contributed by atoms with E-state index in [1.165, 1.54) is 35.4 Å². The van der Waals surface area contributed by atoms with Crippen LogP contribution in [0.4, 0.5) is 24.5 Å². The number of carbonyl (C=O) groups excluding carboxylic acids is 2. The van der Waals surface area contributed by atoms with E-state index in [1.807, 2.05) is 0 Å². The first-order valence-electron chi connectivity index (χ1n) is 10.6. The minimum Gasteiger partial charge on any atom is -0.324 e. The molecule has 1 atom stereocenters. The second kappa shape index (κ2) is 8.09. The van der Waals surface area contributed by atoms with E-state index < -0.39 is 41.6 Å². The SMILES string of the molecule is CC1C(=O)N(CC(=O)Nc2ccc(Cl)c(F)c2)c2cc(C3(F)CC3)ncc2-c2cc(F)cnc21. The molecule has 1 aromatic carbocycles. The standard InChI is InChI=1S/C24H18ClF3N4O2/c1-12-22-15(6-13(26)9-30-22)16-10-29-20(24(28)4-5-24)8-19(16)32(23(12)34)11-21(33)31-14-2-3-17(25)18(27)7-14/h2-3,6-10,12H,4-5,11H2,1H3,(H,31,33). The van der Waals surface area contributed by atoms with Gasteiger partial charge in [0, 0.05) is 23.0 Å². The third kappa shape index (κ3) is 3.90. The number of amides is 2. The van der Waals surface area contributed by atoms with Gasteiger partial charge < -0.3 is 10.2 Å². The molecule has 1 saturated carbocycles. The van der Waals surface area contributed by atoms with Crippen molar-refractivity contribution in [3.05, 3.63) is 70.8 Å². The average molecular weight is 487 g/mol. The molecule has 1 aliphatic heterocycles. The predicted octanol–water partition coefficient (Wildman–Crippen LogP) is 5.12. The van der Waals surface area contributed by atoms with Gasteiger partial charge in [-0.25, -0.2) is 13.2 Å². The van der Waals surface area contributed by atoms with E-state index >= 15 is 0 Å². The van der Waals surface area contributed by atoms with E-state index in [9.17, 15) is 22.8 Å². The Kier molecular flexibility index (Phi) is 5.31. The Hall–Kier alpha value is -3.46. The van der Waals surface area contributed by atoms with Crippen molar-refractivity contribution in [2.45, 2.75) is 31.4 Å². The van der Waals surface area contributed by atoms with Gasteiger partial charge in [0.05, 0.1) is 34.2 Å². The quantitative estimate of drug-likeness (QED) is 0.555. The number of halogens is 4. The number of pyridine rings is 2. The van der Waals surface area contributed by atoms with Gasteiger partial charge in [0.15, 0.2) is 5.67 Å². The number of anilines is 2. The molecule has 10 heteroatoms. The smallest absolute Gasteiger partial charge is 0.244 e. The first-order chi connectivity index (χ1) is 16.2. The van der Waals surface area contributed by atoms with Crippen molar-refractivity contribution in [3.63, 3.8) is 0 Å². The second-order valence-electron chi connectivity index (χ2n) is 8.46. The zero-order chi connectivity index (χ0) is 24.2. The molecule has 2 aromatic heterocycles. The molecule has 0 saturated heterocycles. The molecule has 6 nitrogen and oxygen atoms in total. The van der Waals surface area contributed by atoms with E-state index in [0.29, 0.717) is 29.7 Å². The van der Waals surface area contributed by atoms with Gasteiger partial charge in [-0.2, -0.15) is 0 Å². The number of aromatic nitrogens is 2. The number of benzene rings is 1. The summed E-state index contributed by atoms with van der Waals surface area (Å²) in [4.78, 5) is 35.8. The molecule has 0 spiro atoms. The molecule has 3 heterocycles. The molecule has 5 rings (SSSR count). The summed E-state index contributed by atoms with van der Waals surface area (Å²) in [6.45, 7) is 1.16. The fraction of sp³-hybridized carbons (Fsp3) is 0.250. The van der Waals surface area contributed by atoms with Crippen LogP contribution in [0.25, 0.3) is 11.1 Å². The molecular formula is C24H18ClF3N4O2. The van der Waals surface area contributed by atoms with Gasteiger partial charge in [-0.15, -0.1) is 0 Å². The summed E-state index contributed by atoms with van der Waals surface area (Å²) in [5, 5.41) is 2.44. The highest BCUT2D eigenvalue weighted by atomic mass is 35.5. The third-order valence-corrected chi connectivity index (χ3v) is 6.35. The molecule has 2 amide bonds. The lowest BCUT2D eigenvalue weighted by atomic mass is 9.98. The Morgan fingerprint density at radius 2 is 1.94 bits per heavy atom. The molecule has 34 heavy (non-hydrogen) atoms. The maximum Gasteiger partial charge on any atom is 0.244 e. The highest BCUT2D eigenvalue weighted by Gasteiger charge is 2.47. The molecule has 0 bridgehead atoms. The first-order valence-corrected chi connectivity index (χ1v) is 11.0. The molecule has 1 fully saturated rings. The van der Waals surface area contributed by atoms with Gasteiger partial charge in [-0.1, -0.05) is 11.6 Å². The van der Waals surface area contributed by atoms with Crippen molar-refractivity contribution in [1.82, 2.24) is 9.97 Å². The van der Waals surface area contributed by atoms with Gasteiger partial charge in [0.25, 0.3) is 0 Å². The minimum atomic E-state index is -1.59. The summed E-state index contributed by atoms with van der Waals surface area (Å²) in [6, 6.07) is 6.46. The molecule has 1 unspecified atom stereocenters. The van der Waals surface area contributed by atoms with Crippen molar-refractivity contribution in [1.29, 1.82) is 0 Å². The normalized spacial score (nSPS) is 18.1. The maximum absolute atomic E-state index is 14.8. The van der Waals surface area contributed by atoms with E-state index in [2.05, 4.69) is 15.3 Å². The summed E-state index contributed by atoms with van der Waals surface area (Å²) >= 11 is 5.68. The number of hydrogen-bond donors (Lipinski definition) is 1. The zero-order valence-corrected chi connectivity index (χ0v) is 18.7. The van der Waals surface area contributed by atoms with E-state index in [4.69, 9.17) is 11.6 Å². The topological polar surface area (TPSA) is 75.2 Å². The van der Waals surface area contributed by atoms with Crippen LogP contribution in [0, 0.1) is 11.6 Å². The summed E-state index contributed by atoms with van der Waals surface area (Å²) in [6.07, 6.45) is 3.01. The number of hydrogen-bond acceptors (Lipinski definition) is 4. The summed E-state index contributed by atoms with van der Waals surface area (Å²) in [7, 11) is 0. The number of alkyl halides is 1. The lowest BCUT2D eigenvalue weighted by molar-refractivity contribution is -0.122. The van der Waals surface area contributed by atoms with E-state index in [-0.39, 0.29) is 22.1 Å². The monoisotopic (exact) mass is 486 g/mol. The van der Waals surface area contributed by atoms with Gasteiger partial charge in [-0.3, -0.25) is 19.6 Å². The van der Waals surface area contributed by atoms with Crippen LogP contribution in [0.2, 0.25) is 5.02 Å². The Bertz CT molecular complexity index is 1350. The maximum atomic E-state index is 14.8. The molecular weight excluding hydrogens is 469 g/mol. The lowest BCUT2D eigenvalue weighted by Gasteiger charge is -2.25. The average Bonchev–Trinajstić information content (AvgIpc) is 3.57. The fourth-order valence-corrected chi connectivity index (χ4v) is 4.17. The van der Waals surface area contributed by atoms with E-state index in [0.717, 1.165) is 12.3 Å². The molecule has 1 aliphatic carbocycles. The van der Waals surface area contributed by atoms with Crippen LogP contribution in [0.3, 0.4) is 0 Å². The first kappa shape index (κ1) is 22.3. The Balaban J connectivity index is 1.56. The molecule has 174 valence electrons. The van der Waals surface area contributed by atoms with Crippen LogP contribution in [0.5, 0.6) is 0 Å². The molecule has 2 aliphatic rings. The summed E-state index contributed by atoms with van der Waals surface area (Å²) in [5.41, 5.74) is -0.0245. The number of carbonyl (C=O) groups is 2. The van der Waals surface area contributed by atoms with Gasteiger partial charge in [0.1, 0.15) is 18.2 Å². The van der Waals surface area contributed by atoms with E-state index in [1.54, 1.807) is 6.92 Å². The Morgan fingerprint density at radius 3 is 2.65 bits per heavy atom. The minimum absolute atomic E-state index is 0.0961. The van der Waals surface area contributed by atoms with Crippen molar-refractivity contribution in [2.24, 2.45) is 0 Å². The predicted molar refractivity (Wildman–Crippen MR) is 120 cm³/mol. The van der Waals surface area contributed by atoms with Crippen LogP contribution >= 0.6 is 11.6 Å². The van der Waals surface area contributed by atoms with Gasteiger partial charge in [-0.05, 0) is 50.1 Å². The molecule has 3 aromatic rings. The van der Waals surface area contributed by atoms with Crippen molar-refractivity contribution in [3.8, 4) is 11.1 Å². The lowest BCUT2D eigenvalue weighted by Crippen LogP contribution is -2.40. The summed E-state index contributed by atoms with van der Waals surface area (Å²) in [5.74, 6) is -3.21. The molecule has 0 radical (unpaired) electrons. The van der Waals surface area contributed by atoms with Crippen LogP contribution in [-0.2, 0) is 15.3 Å². The number of nitrogens with zero attached hydrogens (tertiary/aromatic N) is 3. The second-order valence-corrected chi connectivity index (χ2v) is 8.87. The fourth-order valence-electron chi connectivity index (χ4n) is 4.05. The van der Waals surface area contributed by atoms with Crippen LogP contribution in [0.15, 0.2) is 42.7 Å². The van der Waals surface area contributed by atoms with Gasteiger partial charge >= 0.3 is 0 Å². The third-order valence-electron chi connectivity index (χ3n) is 6.05. The molecule has 1 N–H and O–H groups in total. The largest absolute Gasteiger partial charge is 0.324 e. The van der Waals surface area contributed by atoms with Crippen molar-refractivity contribution >= 4 is 34.8 Å². The number of fused-ring (bicyclic) bond motifs is 3. The highest BCUT2D eigenvalue weighted by Crippen LogP contribution is 2.50. The van der Waals surface area contributed by atoms with Crippen LogP contribution < -0.4 is 10.2 Å². The van der Waals surface area contributed by atoms with Crippen LogP contribution in [-0.4, -0.2) is 28.3 Å². The van der Waals surface area contributed by atoms with Gasteiger partial charge in [0.2, 0.25) is 11.8 Å². The van der Waals surface area contributed by atoms with Crippen LogP contribution in [0.1, 0.15) is 37.1 Å². The number of rotatable bonds is 4. The number of nitrogens with one attached hydrogen (secondary N) is 1. The van der Waals surface area contributed by atoms with Crippen molar-refractivity contribution in [2.75, 3.05) is 16.8 Å². The Labute approximate surface area is 197 Å². The highest BCUT2D eigenvalue weighted by molar-refractivity contribution is 6.30.